The molecular formula is C31H26N2O4S. The smallest absolute Gasteiger partial charge is 0.338 e. The summed E-state index contributed by atoms with van der Waals surface area (Å²) in [5.41, 5.74) is 3.16. The van der Waals surface area contributed by atoms with Crippen LogP contribution in [0.25, 0.3) is 17.8 Å². The standard InChI is InChI=1S/C31H26N2O4S/c1-3-37-30(35)26-27(22-14-8-5-9-15-22)32-31-33(28(26)23-17-19-24(36-2)20-18-23)29(34)25(38-31)16-10-13-21-11-6-4-7-12-21/h4-20,28H,3H2,1-2H3/b13-10+,25-16+/t28-/m1/s1. The van der Waals surface area contributed by atoms with Crippen LogP contribution < -0.4 is 19.6 Å². The highest BCUT2D eigenvalue weighted by Gasteiger charge is 2.35. The molecule has 1 aliphatic heterocycles. The minimum atomic E-state index is -0.716. The Labute approximate surface area is 224 Å². The zero-order valence-electron chi connectivity index (χ0n) is 21.0. The number of hydrogen-bond acceptors (Lipinski definition) is 6. The van der Waals surface area contributed by atoms with E-state index in [4.69, 9.17) is 14.5 Å². The Bertz CT molecular complexity index is 1680. The number of aromatic nitrogens is 1. The van der Waals surface area contributed by atoms with Crippen LogP contribution in [0.5, 0.6) is 5.75 Å². The van der Waals surface area contributed by atoms with E-state index in [2.05, 4.69) is 0 Å². The van der Waals surface area contributed by atoms with Gasteiger partial charge < -0.3 is 9.47 Å². The summed E-state index contributed by atoms with van der Waals surface area (Å²) in [7, 11) is 1.60. The lowest BCUT2D eigenvalue weighted by atomic mass is 9.93. The molecule has 1 aliphatic rings. The van der Waals surface area contributed by atoms with Crippen molar-refractivity contribution in [3.05, 3.63) is 133 Å². The number of benzene rings is 3. The number of thiazole rings is 1. The molecule has 38 heavy (non-hydrogen) atoms. The predicted molar refractivity (Wildman–Crippen MR) is 150 cm³/mol. The van der Waals surface area contributed by atoms with Gasteiger partial charge in [0, 0.05) is 5.56 Å². The fourth-order valence-corrected chi connectivity index (χ4v) is 5.32. The minimum Gasteiger partial charge on any atom is -0.497 e. The van der Waals surface area contributed by atoms with Crippen molar-refractivity contribution >= 4 is 35.2 Å². The summed E-state index contributed by atoms with van der Waals surface area (Å²) >= 11 is 1.29. The number of esters is 1. The molecule has 1 aromatic heterocycles. The Morgan fingerprint density at radius 2 is 1.68 bits per heavy atom. The molecule has 3 aromatic carbocycles. The van der Waals surface area contributed by atoms with Crippen molar-refractivity contribution in [1.29, 1.82) is 0 Å². The van der Waals surface area contributed by atoms with E-state index in [9.17, 15) is 9.59 Å². The monoisotopic (exact) mass is 522 g/mol. The van der Waals surface area contributed by atoms with E-state index in [0.29, 0.717) is 26.4 Å². The lowest BCUT2D eigenvalue weighted by molar-refractivity contribution is -0.138. The molecule has 0 saturated heterocycles. The van der Waals surface area contributed by atoms with E-state index in [1.54, 1.807) is 24.7 Å². The van der Waals surface area contributed by atoms with Crippen LogP contribution in [0.3, 0.4) is 0 Å². The van der Waals surface area contributed by atoms with Crippen LogP contribution in [0.2, 0.25) is 0 Å². The summed E-state index contributed by atoms with van der Waals surface area (Å²) in [5.74, 6) is 0.173. The third kappa shape index (κ3) is 5.01. The lowest BCUT2D eigenvalue weighted by Crippen LogP contribution is -2.39. The molecule has 0 N–H and O–H groups in total. The first kappa shape index (κ1) is 25.2. The fraction of sp³-hybridized carbons (Fsp3) is 0.129. The van der Waals surface area contributed by atoms with Gasteiger partial charge in [-0.2, -0.15) is 0 Å². The predicted octanol–water partition coefficient (Wildman–Crippen LogP) is 4.61. The van der Waals surface area contributed by atoms with Crippen molar-refractivity contribution in [2.45, 2.75) is 13.0 Å². The second-order valence-electron chi connectivity index (χ2n) is 8.50. The summed E-state index contributed by atoms with van der Waals surface area (Å²) in [4.78, 5) is 32.6. The van der Waals surface area contributed by atoms with Gasteiger partial charge >= 0.3 is 5.97 Å². The average molecular weight is 523 g/mol. The minimum absolute atomic E-state index is 0.203. The maximum absolute atomic E-state index is 13.8. The Kier molecular flexibility index (Phi) is 7.47. The molecule has 6 nitrogen and oxygen atoms in total. The summed E-state index contributed by atoms with van der Waals surface area (Å²) in [6, 6.07) is 26.0. The van der Waals surface area contributed by atoms with Crippen molar-refractivity contribution in [3.63, 3.8) is 0 Å². The van der Waals surface area contributed by atoms with Gasteiger partial charge in [0.05, 0.1) is 35.6 Å². The van der Waals surface area contributed by atoms with Crippen LogP contribution in [0.4, 0.5) is 0 Å². The molecule has 0 unspecified atom stereocenters. The van der Waals surface area contributed by atoms with Crippen molar-refractivity contribution in [3.8, 4) is 5.75 Å². The fourth-order valence-electron chi connectivity index (χ4n) is 4.37. The molecule has 0 saturated carbocycles. The van der Waals surface area contributed by atoms with Gasteiger partial charge in [0.25, 0.3) is 5.56 Å². The first-order valence-corrected chi connectivity index (χ1v) is 13.1. The molecule has 1 atom stereocenters. The Balaban J connectivity index is 1.74. The van der Waals surface area contributed by atoms with Gasteiger partial charge in [-0.15, -0.1) is 0 Å². The molecule has 0 aliphatic carbocycles. The van der Waals surface area contributed by atoms with Gasteiger partial charge in [-0.3, -0.25) is 9.36 Å². The maximum atomic E-state index is 13.8. The third-order valence-electron chi connectivity index (χ3n) is 6.14. The van der Waals surface area contributed by atoms with Crippen molar-refractivity contribution < 1.29 is 14.3 Å². The Morgan fingerprint density at radius 3 is 2.34 bits per heavy atom. The summed E-state index contributed by atoms with van der Waals surface area (Å²) in [5, 5.41) is 0. The van der Waals surface area contributed by atoms with E-state index in [-0.39, 0.29) is 12.2 Å². The molecule has 0 fully saturated rings. The summed E-state index contributed by atoms with van der Waals surface area (Å²) < 4.78 is 12.9. The number of ether oxygens (including phenoxy) is 2. The number of fused-ring (bicyclic) bond motifs is 1. The number of carbonyl (C=O) groups excluding carboxylic acids is 1. The average Bonchev–Trinajstić information content (AvgIpc) is 3.28. The number of carbonyl (C=O) groups is 1. The van der Waals surface area contributed by atoms with Crippen LogP contribution in [0.1, 0.15) is 29.7 Å². The number of nitrogens with zero attached hydrogens (tertiary/aromatic N) is 2. The number of rotatable bonds is 7. The van der Waals surface area contributed by atoms with E-state index in [1.807, 2.05) is 97.1 Å². The van der Waals surface area contributed by atoms with Gasteiger partial charge in [0.1, 0.15) is 5.75 Å². The molecule has 7 heteroatoms. The molecule has 190 valence electrons. The van der Waals surface area contributed by atoms with E-state index in [0.717, 1.165) is 16.7 Å². The molecule has 0 amide bonds. The third-order valence-corrected chi connectivity index (χ3v) is 7.14. The van der Waals surface area contributed by atoms with Gasteiger partial charge in [-0.05, 0) is 36.3 Å². The van der Waals surface area contributed by atoms with Gasteiger partial charge in [0.15, 0.2) is 4.80 Å². The molecule has 5 rings (SSSR count). The number of hydrogen-bond donors (Lipinski definition) is 0. The highest BCUT2D eigenvalue weighted by molar-refractivity contribution is 7.07. The van der Waals surface area contributed by atoms with Crippen LogP contribution >= 0.6 is 11.3 Å². The SMILES string of the molecule is CCOC(=O)C1=C(c2ccccc2)N=c2s/c(=C/C=C/c3ccccc3)c(=O)n2[C@@H]1c1ccc(OC)cc1. The lowest BCUT2D eigenvalue weighted by Gasteiger charge is -2.26. The zero-order chi connectivity index (χ0) is 26.5. The van der Waals surface area contributed by atoms with Crippen molar-refractivity contribution in [2.75, 3.05) is 13.7 Å². The molecule has 0 radical (unpaired) electrons. The molecule has 0 spiro atoms. The van der Waals surface area contributed by atoms with E-state index >= 15 is 0 Å². The molecular weight excluding hydrogens is 496 g/mol. The highest BCUT2D eigenvalue weighted by Crippen LogP contribution is 2.35. The quantitative estimate of drug-likeness (QED) is 0.333. The van der Waals surface area contributed by atoms with Crippen molar-refractivity contribution in [2.24, 2.45) is 4.99 Å². The second-order valence-corrected chi connectivity index (χ2v) is 9.51. The molecule has 4 aromatic rings. The summed E-state index contributed by atoms with van der Waals surface area (Å²) in [6.07, 6.45) is 5.59. The Morgan fingerprint density at radius 1 is 1.00 bits per heavy atom. The van der Waals surface area contributed by atoms with Gasteiger partial charge in [-0.25, -0.2) is 9.79 Å². The van der Waals surface area contributed by atoms with Crippen LogP contribution in [-0.4, -0.2) is 24.3 Å². The van der Waals surface area contributed by atoms with Crippen molar-refractivity contribution in [1.82, 2.24) is 4.57 Å². The number of methoxy groups -OCH3 is 1. The largest absolute Gasteiger partial charge is 0.497 e. The summed E-state index contributed by atoms with van der Waals surface area (Å²) in [6.45, 7) is 1.96. The topological polar surface area (TPSA) is 69.9 Å². The normalized spacial score (nSPS) is 15.3. The highest BCUT2D eigenvalue weighted by atomic mass is 32.1. The van der Waals surface area contributed by atoms with Gasteiger partial charge in [-0.1, -0.05) is 96.3 Å². The maximum Gasteiger partial charge on any atom is 0.338 e. The van der Waals surface area contributed by atoms with Gasteiger partial charge in [0.2, 0.25) is 0 Å². The second kappa shape index (κ2) is 11.3. The first-order chi connectivity index (χ1) is 18.6. The Hall–Kier alpha value is -4.49. The molecule has 0 bridgehead atoms. The zero-order valence-corrected chi connectivity index (χ0v) is 21.9. The van der Waals surface area contributed by atoms with Crippen LogP contribution in [0, 0.1) is 0 Å². The van der Waals surface area contributed by atoms with E-state index in [1.165, 1.54) is 11.3 Å². The first-order valence-electron chi connectivity index (χ1n) is 12.2. The van der Waals surface area contributed by atoms with E-state index < -0.39 is 12.0 Å². The number of allylic oxidation sites excluding steroid dienone is 1. The van der Waals surface area contributed by atoms with Crippen LogP contribution in [-0.2, 0) is 9.53 Å². The van der Waals surface area contributed by atoms with Crippen LogP contribution in [0.15, 0.2) is 106 Å². The molecule has 2 heterocycles.